The van der Waals surface area contributed by atoms with Crippen LogP contribution in [0.25, 0.3) is 0 Å². The molecule has 2 aliphatic rings. The Hall–Kier alpha value is -2.41. The molecule has 0 spiro atoms. The van der Waals surface area contributed by atoms with E-state index in [4.69, 9.17) is 16.6 Å². The molecule has 1 aliphatic heterocycles. The summed E-state index contributed by atoms with van der Waals surface area (Å²) in [6, 6.07) is 2.92. The molecule has 2 fully saturated rings. The molecule has 0 radical (unpaired) electrons. The maximum absolute atomic E-state index is 12.7. The first-order valence-corrected chi connectivity index (χ1v) is 12.3. The number of rotatable bonds is 8. The maximum atomic E-state index is 12.7. The number of nitrogens with one attached hydrogen (secondary N) is 3. The van der Waals surface area contributed by atoms with E-state index in [0.29, 0.717) is 42.0 Å². The van der Waals surface area contributed by atoms with Crippen LogP contribution >= 0.6 is 11.6 Å². The van der Waals surface area contributed by atoms with E-state index in [2.05, 4.69) is 44.8 Å². The number of likely N-dealkylation sites (N-methyl/N-ethyl adjacent to an activating group) is 1. The van der Waals surface area contributed by atoms with Crippen LogP contribution in [0.15, 0.2) is 17.8 Å². The Kier molecular flexibility index (Phi) is 8.74. The minimum absolute atomic E-state index is 0.0919. The molecule has 1 amide bonds. The average molecular weight is 489 g/mol. The fraction of sp³-hybridized carbons (Fsp3) is 0.667. The van der Waals surface area contributed by atoms with E-state index in [0.717, 1.165) is 32.1 Å². The number of halogens is 1. The summed E-state index contributed by atoms with van der Waals surface area (Å²) in [5.74, 6) is 0.900. The second kappa shape index (κ2) is 11.3. The minimum atomic E-state index is -0.451. The summed E-state index contributed by atoms with van der Waals surface area (Å²) in [5, 5.41) is 19.5. The van der Waals surface area contributed by atoms with E-state index >= 15 is 0 Å². The molecule has 34 heavy (non-hydrogen) atoms. The molecular weight excluding hydrogens is 452 g/mol. The van der Waals surface area contributed by atoms with Crippen LogP contribution < -0.4 is 20.9 Å². The van der Waals surface area contributed by atoms with Crippen molar-refractivity contribution in [1.29, 1.82) is 5.26 Å². The van der Waals surface area contributed by atoms with Crippen molar-refractivity contribution in [3.8, 4) is 6.07 Å². The SMILES string of the molecule is CNC(C)(C)/C=C(\C#N)C(=O)N[C@@H]1CCN(c2nc(NC3CCC(N(C)C)CC3)ncc2Cl)C1. The van der Waals surface area contributed by atoms with Crippen molar-refractivity contribution in [1.82, 2.24) is 25.5 Å². The van der Waals surface area contributed by atoms with Crippen molar-refractivity contribution in [2.24, 2.45) is 0 Å². The summed E-state index contributed by atoms with van der Waals surface area (Å²) in [5.41, 5.74) is -0.346. The molecule has 0 unspecified atom stereocenters. The first-order chi connectivity index (χ1) is 16.1. The van der Waals surface area contributed by atoms with Gasteiger partial charge in [-0.2, -0.15) is 10.2 Å². The average Bonchev–Trinajstić information content (AvgIpc) is 3.27. The molecule has 0 bridgehead atoms. The van der Waals surface area contributed by atoms with Crippen LogP contribution in [-0.2, 0) is 4.79 Å². The van der Waals surface area contributed by atoms with Gasteiger partial charge in [-0.1, -0.05) is 11.6 Å². The molecule has 3 rings (SSSR count). The molecule has 1 atom stereocenters. The molecule has 10 heteroatoms. The van der Waals surface area contributed by atoms with Gasteiger partial charge in [0.25, 0.3) is 5.91 Å². The van der Waals surface area contributed by atoms with Gasteiger partial charge in [0, 0.05) is 36.8 Å². The number of carbonyl (C=O) groups excluding carboxylic acids is 1. The Morgan fingerprint density at radius 1 is 1.26 bits per heavy atom. The number of hydrogen-bond acceptors (Lipinski definition) is 8. The van der Waals surface area contributed by atoms with Crippen LogP contribution in [0.5, 0.6) is 0 Å². The van der Waals surface area contributed by atoms with E-state index in [1.54, 1.807) is 19.3 Å². The summed E-state index contributed by atoms with van der Waals surface area (Å²) in [6.07, 6.45) is 8.52. The lowest BCUT2D eigenvalue weighted by atomic mass is 9.91. The highest BCUT2D eigenvalue weighted by Gasteiger charge is 2.29. The van der Waals surface area contributed by atoms with Crippen molar-refractivity contribution < 1.29 is 4.79 Å². The fourth-order valence-electron chi connectivity index (χ4n) is 4.48. The zero-order valence-electron chi connectivity index (χ0n) is 20.9. The lowest BCUT2D eigenvalue weighted by Crippen LogP contribution is -2.40. The standard InChI is InChI=1S/C24H37ClN8O/c1-24(2,27-3)12-16(13-26)22(34)29-18-10-11-33(15-18)21-20(25)14-28-23(31-21)30-17-6-8-19(9-7-17)32(4)5/h12,14,17-19,27H,6-11,15H2,1-5H3,(H,29,34)(H,28,30,31)/b16-12+/t17?,18-,19?/m1/s1. The van der Waals surface area contributed by atoms with Crippen LogP contribution in [0.3, 0.4) is 0 Å². The second-order valence-corrected chi connectivity index (χ2v) is 10.4. The van der Waals surface area contributed by atoms with Gasteiger partial charge < -0.3 is 25.8 Å². The van der Waals surface area contributed by atoms with Crippen LogP contribution in [-0.4, -0.2) is 78.7 Å². The quantitative estimate of drug-likeness (QED) is 0.378. The van der Waals surface area contributed by atoms with Gasteiger partial charge >= 0.3 is 0 Å². The summed E-state index contributed by atoms with van der Waals surface area (Å²) >= 11 is 6.44. The second-order valence-electron chi connectivity index (χ2n) is 10.0. The van der Waals surface area contributed by atoms with E-state index < -0.39 is 5.54 Å². The molecule has 1 aromatic rings. The third-order valence-corrected chi connectivity index (χ3v) is 7.09. The molecular formula is C24H37ClN8O. The maximum Gasteiger partial charge on any atom is 0.261 e. The number of nitriles is 1. The Balaban J connectivity index is 1.60. The highest BCUT2D eigenvalue weighted by Crippen LogP contribution is 2.29. The summed E-state index contributed by atoms with van der Waals surface area (Å²) < 4.78 is 0. The van der Waals surface area contributed by atoms with Gasteiger partial charge in [-0.25, -0.2) is 4.98 Å². The van der Waals surface area contributed by atoms with Crippen LogP contribution in [0.1, 0.15) is 46.0 Å². The van der Waals surface area contributed by atoms with Crippen molar-refractivity contribution in [3.05, 3.63) is 22.9 Å². The Labute approximate surface area is 207 Å². The van der Waals surface area contributed by atoms with Gasteiger partial charge in [0.2, 0.25) is 5.95 Å². The predicted octanol–water partition coefficient (Wildman–Crippen LogP) is 2.56. The predicted molar refractivity (Wildman–Crippen MR) is 136 cm³/mol. The van der Waals surface area contributed by atoms with Crippen molar-refractivity contribution in [2.45, 2.75) is 69.6 Å². The monoisotopic (exact) mass is 488 g/mol. The lowest BCUT2D eigenvalue weighted by Gasteiger charge is -2.33. The number of anilines is 2. The lowest BCUT2D eigenvalue weighted by molar-refractivity contribution is -0.117. The molecule has 0 aromatic carbocycles. The van der Waals surface area contributed by atoms with Gasteiger partial charge in [-0.3, -0.25) is 4.79 Å². The van der Waals surface area contributed by atoms with Gasteiger partial charge in [-0.05, 0) is 73.2 Å². The topological polar surface area (TPSA) is 109 Å². The third kappa shape index (κ3) is 6.81. The fourth-order valence-corrected chi connectivity index (χ4v) is 4.69. The van der Waals surface area contributed by atoms with Gasteiger partial charge in [0.1, 0.15) is 16.7 Å². The van der Waals surface area contributed by atoms with Crippen molar-refractivity contribution in [3.63, 3.8) is 0 Å². The van der Waals surface area contributed by atoms with E-state index in [1.165, 1.54) is 0 Å². The molecule has 1 saturated heterocycles. The number of hydrogen-bond donors (Lipinski definition) is 3. The number of carbonyl (C=O) groups is 1. The molecule has 2 heterocycles. The molecule has 3 N–H and O–H groups in total. The van der Waals surface area contributed by atoms with Gasteiger partial charge in [0.05, 0.1) is 6.20 Å². The Bertz CT molecular complexity index is 933. The zero-order valence-corrected chi connectivity index (χ0v) is 21.6. The first-order valence-electron chi connectivity index (χ1n) is 11.9. The highest BCUT2D eigenvalue weighted by molar-refractivity contribution is 6.32. The molecule has 1 aliphatic carbocycles. The smallest absolute Gasteiger partial charge is 0.261 e. The van der Waals surface area contributed by atoms with Crippen molar-refractivity contribution >= 4 is 29.3 Å². The number of aromatic nitrogens is 2. The Morgan fingerprint density at radius 2 is 1.97 bits per heavy atom. The Morgan fingerprint density at radius 3 is 2.59 bits per heavy atom. The molecule has 9 nitrogen and oxygen atoms in total. The summed E-state index contributed by atoms with van der Waals surface area (Å²) in [6.45, 7) is 5.10. The van der Waals surface area contributed by atoms with Crippen LogP contribution in [0.4, 0.5) is 11.8 Å². The van der Waals surface area contributed by atoms with Gasteiger partial charge in [-0.15, -0.1) is 0 Å². The molecule has 186 valence electrons. The summed E-state index contributed by atoms with van der Waals surface area (Å²) in [4.78, 5) is 26.1. The highest BCUT2D eigenvalue weighted by atomic mass is 35.5. The molecule has 1 aromatic heterocycles. The minimum Gasteiger partial charge on any atom is -0.353 e. The van der Waals surface area contributed by atoms with E-state index in [9.17, 15) is 10.1 Å². The van der Waals surface area contributed by atoms with Crippen molar-refractivity contribution in [2.75, 3.05) is 44.4 Å². The van der Waals surface area contributed by atoms with E-state index in [-0.39, 0.29) is 17.5 Å². The normalized spacial score (nSPS) is 23.6. The van der Waals surface area contributed by atoms with Crippen LogP contribution in [0, 0.1) is 11.3 Å². The third-order valence-electron chi connectivity index (χ3n) is 6.82. The first kappa shape index (κ1) is 26.2. The van der Waals surface area contributed by atoms with Crippen LogP contribution in [0.2, 0.25) is 5.02 Å². The largest absolute Gasteiger partial charge is 0.353 e. The van der Waals surface area contributed by atoms with E-state index in [1.807, 2.05) is 19.9 Å². The number of nitrogens with zero attached hydrogens (tertiary/aromatic N) is 5. The number of amides is 1. The van der Waals surface area contributed by atoms with Gasteiger partial charge in [0.15, 0.2) is 5.82 Å². The zero-order chi connectivity index (χ0) is 24.9. The summed E-state index contributed by atoms with van der Waals surface area (Å²) in [7, 11) is 6.07. The molecule has 1 saturated carbocycles.